The number of benzene rings is 2. The maximum Gasteiger partial charge on any atom is 0.253 e. The van der Waals surface area contributed by atoms with Crippen molar-refractivity contribution < 1.29 is 19.0 Å². The molecule has 0 spiro atoms. The number of hydrogen-bond acceptors (Lipinski definition) is 6. The maximum absolute atomic E-state index is 12.4. The molecule has 1 saturated heterocycles. The Morgan fingerprint density at radius 2 is 1.97 bits per heavy atom. The van der Waals surface area contributed by atoms with Crippen molar-refractivity contribution in [3.8, 4) is 22.8 Å². The predicted molar refractivity (Wildman–Crippen MR) is 125 cm³/mol. The van der Waals surface area contributed by atoms with Gasteiger partial charge < -0.3 is 19.1 Å². The third-order valence-electron chi connectivity index (χ3n) is 5.66. The number of carbonyl (C=O) groups excluding carboxylic acids is 1. The summed E-state index contributed by atoms with van der Waals surface area (Å²) in [6.07, 6.45) is 3.40. The summed E-state index contributed by atoms with van der Waals surface area (Å²) in [5.41, 5.74) is 3.45. The van der Waals surface area contributed by atoms with E-state index in [2.05, 4.69) is 10.1 Å². The molecule has 1 unspecified atom stereocenters. The lowest BCUT2D eigenvalue weighted by atomic mass is 10.1. The second kappa shape index (κ2) is 8.91. The Balaban J connectivity index is 1.34. The van der Waals surface area contributed by atoms with E-state index in [1.807, 2.05) is 67.8 Å². The van der Waals surface area contributed by atoms with E-state index in [0.29, 0.717) is 18.9 Å². The number of aryl methyl sites for hydroxylation is 1. The van der Waals surface area contributed by atoms with Gasteiger partial charge in [-0.25, -0.2) is 0 Å². The van der Waals surface area contributed by atoms with E-state index in [1.165, 1.54) is 0 Å². The van der Waals surface area contributed by atoms with Crippen LogP contribution in [0, 0.1) is 0 Å². The zero-order valence-corrected chi connectivity index (χ0v) is 18.5. The summed E-state index contributed by atoms with van der Waals surface area (Å²) in [6.45, 7) is 0.717. The Bertz CT molecular complexity index is 1290. The summed E-state index contributed by atoms with van der Waals surface area (Å²) < 4.78 is 18.9. The van der Waals surface area contributed by atoms with Gasteiger partial charge in [0.2, 0.25) is 0 Å². The third-order valence-corrected chi connectivity index (χ3v) is 5.66. The molecule has 8 nitrogen and oxygen atoms in total. The van der Waals surface area contributed by atoms with Crippen LogP contribution in [0.4, 0.5) is 5.69 Å². The summed E-state index contributed by atoms with van der Waals surface area (Å²) in [5.74, 6) is 1.33. The standard InChI is InChI=1S/C25H24N4O4/c1-28-13-11-22(27-28)20-9-10-23(25-21(20)4-3-12-26-25)33-15-19-14-29(24(30)16-32-19)17-5-7-18(31-2)8-6-17/h3-13,19H,14-16H2,1-2H3. The maximum atomic E-state index is 12.4. The van der Waals surface area contributed by atoms with Crippen molar-refractivity contribution in [2.24, 2.45) is 7.05 Å². The quantitative estimate of drug-likeness (QED) is 0.453. The average molecular weight is 444 g/mol. The normalized spacial score (nSPS) is 16.2. The molecular weight excluding hydrogens is 420 g/mol. The molecule has 0 aliphatic carbocycles. The van der Waals surface area contributed by atoms with Crippen molar-refractivity contribution in [2.45, 2.75) is 6.10 Å². The van der Waals surface area contributed by atoms with E-state index >= 15 is 0 Å². The summed E-state index contributed by atoms with van der Waals surface area (Å²) >= 11 is 0. The number of rotatable bonds is 6. The van der Waals surface area contributed by atoms with Crippen LogP contribution in [0.15, 0.2) is 67.0 Å². The molecule has 1 aliphatic rings. The summed E-state index contributed by atoms with van der Waals surface area (Å²) in [6, 6.07) is 17.2. The fourth-order valence-electron chi connectivity index (χ4n) is 3.97. The molecule has 1 atom stereocenters. The zero-order chi connectivity index (χ0) is 22.8. The molecule has 2 aromatic carbocycles. The molecule has 5 rings (SSSR count). The third kappa shape index (κ3) is 4.25. The molecule has 4 aromatic rings. The van der Waals surface area contributed by atoms with Gasteiger partial charge in [-0.3, -0.25) is 14.5 Å². The topological polar surface area (TPSA) is 78.7 Å². The van der Waals surface area contributed by atoms with Gasteiger partial charge in [0, 0.05) is 36.1 Å². The van der Waals surface area contributed by atoms with Crippen molar-refractivity contribution in [3.63, 3.8) is 0 Å². The number of hydrogen-bond donors (Lipinski definition) is 0. The van der Waals surface area contributed by atoms with Crippen LogP contribution in [-0.2, 0) is 16.6 Å². The lowest BCUT2D eigenvalue weighted by Crippen LogP contribution is -2.48. The smallest absolute Gasteiger partial charge is 0.253 e. The number of amides is 1. The number of fused-ring (bicyclic) bond motifs is 1. The van der Waals surface area contributed by atoms with Crippen LogP contribution in [-0.4, -0.2) is 53.6 Å². The second-order valence-electron chi connectivity index (χ2n) is 7.83. The minimum absolute atomic E-state index is 0.0116. The van der Waals surface area contributed by atoms with Gasteiger partial charge in [-0.2, -0.15) is 5.10 Å². The Hall–Kier alpha value is -3.91. The molecule has 1 fully saturated rings. The van der Waals surface area contributed by atoms with Crippen molar-refractivity contribution in [1.82, 2.24) is 14.8 Å². The van der Waals surface area contributed by atoms with Crippen molar-refractivity contribution in [3.05, 3.63) is 67.0 Å². The minimum atomic E-state index is -0.265. The first-order valence-corrected chi connectivity index (χ1v) is 10.7. The summed E-state index contributed by atoms with van der Waals surface area (Å²) in [5, 5.41) is 5.48. The minimum Gasteiger partial charge on any atom is -0.497 e. The van der Waals surface area contributed by atoms with Crippen LogP contribution in [0.25, 0.3) is 22.2 Å². The van der Waals surface area contributed by atoms with Crippen LogP contribution in [0.5, 0.6) is 11.5 Å². The van der Waals surface area contributed by atoms with E-state index in [9.17, 15) is 4.79 Å². The highest BCUT2D eigenvalue weighted by Crippen LogP contribution is 2.32. The van der Waals surface area contributed by atoms with E-state index in [4.69, 9.17) is 14.2 Å². The van der Waals surface area contributed by atoms with Gasteiger partial charge >= 0.3 is 0 Å². The van der Waals surface area contributed by atoms with Gasteiger partial charge in [-0.15, -0.1) is 0 Å². The number of carbonyl (C=O) groups is 1. The number of nitrogens with zero attached hydrogens (tertiary/aromatic N) is 4. The molecule has 2 aromatic heterocycles. The fourth-order valence-corrected chi connectivity index (χ4v) is 3.97. The largest absolute Gasteiger partial charge is 0.497 e. The molecule has 168 valence electrons. The summed E-state index contributed by atoms with van der Waals surface area (Å²) in [4.78, 5) is 18.7. The highest BCUT2D eigenvalue weighted by Gasteiger charge is 2.28. The van der Waals surface area contributed by atoms with Crippen LogP contribution in [0.3, 0.4) is 0 Å². The van der Waals surface area contributed by atoms with Crippen LogP contribution in [0.2, 0.25) is 0 Å². The van der Waals surface area contributed by atoms with Gasteiger partial charge in [0.05, 0.1) is 19.3 Å². The molecule has 0 bridgehead atoms. The molecule has 0 N–H and O–H groups in total. The Kier molecular flexibility index (Phi) is 5.66. The van der Waals surface area contributed by atoms with Gasteiger partial charge in [0.15, 0.2) is 0 Å². The van der Waals surface area contributed by atoms with Crippen LogP contribution in [0.1, 0.15) is 0 Å². The SMILES string of the molecule is COc1ccc(N2CC(COc3ccc(-c4ccn(C)n4)c4cccnc34)OCC2=O)cc1. The first-order chi connectivity index (χ1) is 16.1. The second-order valence-corrected chi connectivity index (χ2v) is 7.83. The number of pyridine rings is 1. The molecule has 0 saturated carbocycles. The molecule has 3 heterocycles. The highest BCUT2D eigenvalue weighted by molar-refractivity contribution is 5.97. The first-order valence-electron chi connectivity index (χ1n) is 10.7. The number of methoxy groups -OCH3 is 1. The molecule has 0 radical (unpaired) electrons. The number of aromatic nitrogens is 3. The van der Waals surface area contributed by atoms with Gasteiger partial charge in [0.25, 0.3) is 5.91 Å². The fraction of sp³-hybridized carbons (Fsp3) is 0.240. The van der Waals surface area contributed by atoms with E-state index < -0.39 is 0 Å². The van der Waals surface area contributed by atoms with E-state index in [1.54, 1.807) is 22.9 Å². The predicted octanol–water partition coefficient (Wildman–Crippen LogP) is 3.45. The number of morpholine rings is 1. The molecule has 8 heteroatoms. The lowest BCUT2D eigenvalue weighted by Gasteiger charge is -2.32. The average Bonchev–Trinajstić information content (AvgIpc) is 3.29. The van der Waals surface area contributed by atoms with Gasteiger partial charge in [-0.1, -0.05) is 6.07 Å². The van der Waals surface area contributed by atoms with Crippen LogP contribution < -0.4 is 14.4 Å². The Morgan fingerprint density at radius 1 is 1.12 bits per heavy atom. The summed E-state index contributed by atoms with van der Waals surface area (Å²) in [7, 11) is 3.51. The molecule has 1 amide bonds. The molecule has 1 aliphatic heterocycles. The van der Waals surface area contributed by atoms with Crippen molar-refractivity contribution >= 4 is 22.5 Å². The van der Waals surface area contributed by atoms with Crippen molar-refractivity contribution in [2.75, 3.05) is 31.8 Å². The van der Waals surface area contributed by atoms with E-state index in [0.717, 1.165) is 33.6 Å². The van der Waals surface area contributed by atoms with Crippen LogP contribution >= 0.6 is 0 Å². The van der Waals surface area contributed by atoms with Crippen molar-refractivity contribution in [1.29, 1.82) is 0 Å². The van der Waals surface area contributed by atoms with Gasteiger partial charge in [-0.05, 0) is 48.5 Å². The Morgan fingerprint density at radius 3 is 2.73 bits per heavy atom. The van der Waals surface area contributed by atoms with E-state index in [-0.39, 0.29) is 18.6 Å². The van der Waals surface area contributed by atoms with Gasteiger partial charge in [0.1, 0.15) is 36.3 Å². The monoisotopic (exact) mass is 444 g/mol. The molecular formula is C25H24N4O4. The lowest BCUT2D eigenvalue weighted by molar-refractivity contribution is -0.130. The highest BCUT2D eigenvalue weighted by atomic mass is 16.5. The number of anilines is 1. The Labute approximate surface area is 191 Å². The number of ether oxygens (including phenoxy) is 3. The molecule has 33 heavy (non-hydrogen) atoms. The first kappa shape index (κ1) is 21.0. The zero-order valence-electron chi connectivity index (χ0n) is 18.5.